The number of carbonyl (C=O) groups excluding carboxylic acids is 1. The number of amides is 2. The molecular weight excluding hydrogens is 495 g/mol. The van der Waals surface area contributed by atoms with Crippen molar-refractivity contribution in [3.8, 4) is 11.6 Å². The summed E-state index contributed by atoms with van der Waals surface area (Å²) in [5.74, 6) is -2.26. The second-order valence-electron chi connectivity index (χ2n) is 8.69. The van der Waals surface area contributed by atoms with E-state index in [0.29, 0.717) is 6.42 Å². The van der Waals surface area contributed by atoms with Crippen LogP contribution in [0.25, 0.3) is 5.82 Å². The van der Waals surface area contributed by atoms with E-state index in [2.05, 4.69) is 15.2 Å². The first-order chi connectivity index (χ1) is 17.6. The minimum Gasteiger partial charge on any atom is -0.483 e. The second-order valence-corrected chi connectivity index (χ2v) is 8.69. The Balaban J connectivity index is 1.26. The van der Waals surface area contributed by atoms with Crippen molar-refractivity contribution in [3.63, 3.8) is 0 Å². The van der Waals surface area contributed by atoms with E-state index in [4.69, 9.17) is 4.74 Å². The van der Waals surface area contributed by atoms with Crippen molar-refractivity contribution in [2.24, 2.45) is 5.10 Å². The SMILES string of the molecule is Cc1nn(-c2cc(OC3CN(C(=O)N4N=CC[C@H]4c4cc(F)cc(F)c4)C3)c(F)cn2)c(C)c1[N+](=O)[O-]. The number of rotatable bonds is 5. The number of halogens is 3. The van der Waals surface area contributed by atoms with E-state index in [1.807, 2.05) is 0 Å². The first-order valence-corrected chi connectivity index (χ1v) is 11.2. The topological polar surface area (TPSA) is 119 Å². The fourth-order valence-corrected chi connectivity index (χ4v) is 4.37. The van der Waals surface area contributed by atoms with Crippen LogP contribution in [0, 0.1) is 41.4 Å². The van der Waals surface area contributed by atoms with Gasteiger partial charge in [-0.3, -0.25) is 10.1 Å². The number of carbonyl (C=O) groups is 1. The molecule has 2 aromatic heterocycles. The average Bonchev–Trinajstić information content (AvgIpc) is 3.40. The monoisotopic (exact) mass is 515 g/mol. The highest BCUT2D eigenvalue weighted by atomic mass is 19.1. The molecule has 0 unspecified atom stereocenters. The number of likely N-dealkylation sites (tertiary alicyclic amines) is 1. The zero-order valence-electron chi connectivity index (χ0n) is 19.6. The van der Waals surface area contributed by atoms with Gasteiger partial charge in [0, 0.05) is 24.8 Å². The molecule has 1 saturated heterocycles. The molecule has 192 valence electrons. The maximum Gasteiger partial charge on any atom is 0.341 e. The van der Waals surface area contributed by atoms with Gasteiger partial charge in [-0.2, -0.15) is 10.2 Å². The summed E-state index contributed by atoms with van der Waals surface area (Å²) >= 11 is 0. The van der Waals surface area contributed by atoms with Crippen LogP contribution in [0.5, 0.6) is 5.75 Å². The fourth-order valence-electron chi connectivity index (χ4n) is 4.37. The number of hydrogen-bond acceptors (Lipinski definition) is 7. The number of aromatic nitrogens is 3. The zero-order chi connectivity index (χ0) is 26.4. The zero-order valence-corrected chi connectivity index (χ0v) is 19.6. The molecule has 1 aromatic carbocycles. The third-order valence-corrected chi connectivity index (χ3v) is 6.17. The number of ether oxygens (including phenoxy) is 1. The van der Waals surface area contributed by atoms with Gasteiger partial charge >= 0.3 is 11.7 Å². The Kier molecular flexibility index (Phi) is 6.01. The molecule has 0 spiro atoms. The Morgan fingerprint density at radius 1 is 1.14 bits per heavy atom. The van der Waals surface area contributed by atoms with E-state index in [-0.39, 0.29) is 47.3 Å². The summed E-state index contributed by atoms with van der Waals surface area (Å²) in [5, 5.41) is 20.6. The van der Waals surface area contributed by atoms with Crippen molar-refractivity contribution in [1.82, 2.24) is 24.7 Å². The van der Waals surface area contributed by atoms with E-state index in [1.165, 1.54) is 35.7 Å². The van der Waals surface area contributed by atoms with E-state index >= 15 is 0 Å². The Morgan fingerprint density at radius 3 is 2.49 bits per heavy atom. The van der Waals surface area contributed by atoms with Gasteiger partial charge in [-0.25, -0.2) is 32.6 Å². The Bertz CT molecular complexity index is 1420. The lowest BCUT2D eigenvalue weighted by molar-refractivity contribution is -0.386. The highest BCUT2D eigenvalue weighted by molar-refractivity contribution is 5.79. The fraction of sp³-hybridized carbons (Fsp3) is 0.304. The number of pyridine rings is 1. The number of aryl methyl sites for hydroxylation is 1. The largest absolute Gasteiger partial charge is 0.483 e. The van der Waals surface area contributed by atoms with Gasteiger partial charge in [-0.15, -0.1) is 0 Å². The van der Waals surface area contributed by atoms with Crippen molar-refractivity contribution < 1.29 is 27.6 Å². The summed E-state index contributed by atoms with van der Waals surface area (Å²) in [6, 6.07) is 3.22. The van der Waals surface area contributed by atoms with Crippen LogP contribution < -0.4 is 4.74 Å². The summed E-state index contributed by atoms with van der Waals surface area (Å²) < 4.78 is 48.7. The number of hydrazone groups is 1. The molecule has 0 N–H and O–H groups in total. The molecule has 0 aliphatic carbocycles. The second kappa shape index (κ2) is 9.19. The lowest BCUT2D eigenvalue weighted by atomic mass is 10.0. The van der Waals surface area contributed by atoms with Gasteiger partial charge in [0.2, 0.25) is 0 Å². The van der Waals surface area contributed by atoms with E-state index < -0.39 is 40.6 Å². The molecule has 0 saturated carbocycles. The van der Waals surface area contributed by atoms with Crippen molar-refractivity contribution in [3.05, 3.63) is 75.0 Å². The molecule has 2 aliphatic rings. The number of nitro groups is 1. The maximum absolute atomic E-state index is 14.4. The highest BCUT2D eigenvalue weighted by Crippen LogP contribution is 2.32. The van der Waals surface area contributed by atoms with Crippen molar-refractivity contribution >= 4 is 17.9 Å². The van der Waals surface area contributed by atoms with Crippen molar-refractivity contribution in [1.29, 1.82) is 0 Å². The lowest BCUT2D eigenvalue weighted by Crippen LogP contribution is -2.58. The number of hydrogen-bond donors (Lipinski definition) is 0. The molecule has 2 aliphatic heterocycles. The summed E-state index contributed by atoms with van der Waals surface area (Å²) in [4.78, 5) is 29.1. The van der Waals surface area contributed by atoms with Crippen LogP contribution >= 0.6 is 0 Å². The van der Waals surface area contributed by atoms with Crippen molar-refractivity contribution in [2.75, 3.05) is 13.1 Å². The summed E-state index contributed by atoms with van der Waals surface area (Å²) in [6.45, 7) is 3.24. The normalized spacial score (nSPS) is 17.3. The summed E-state index contributed by atoms with van der Waals surface area (Å²) in [5.41, 5.74) is 0.540. The molecule has 3 aromatic rings. The Labute approximate surface area is 207 Å². The molecule has 11 nitrogen and oxygen atoms in total. The number of benzene rings is 1. The number of urea groups is 1. The molecule has 37 heavy (non-hydrogen) atoms. The smallest absolute Gasteiger partial charge is 0.341 e. The predicted molar refractivity (Wildman–Crippen MR) is 123 cm³/mol. The van der Waals surface area contributed by atoms with Gasteiger partial charge in [-0.05, 0) is 31.5 Å². The van der Waals surface area contributed by atoms with Crippen LogP contribution in [0.1, 0.15) is 29.4 Å². The average molecular weight is 515 g/mol. The molecule has 0 radical (unpaired) electrons. The van der Waals surface area contributed by atoms with Crippen LogP contribution in [0.3, 0.4) is 0 Å². The first-order valence-electron chi connectivity index (χ1n) is 11.2. The molecular formula is C23H20F3N7O4. The van der Waals surface area contributed by atoms with Crippen LogP contribution in [-0.2, 0) is 0 Å². The van der Waals surface area contributed by atoms with Crippen molar-refractivity contribution in [2.45, 2.75) is 32.4 Å². The lowest BCUT2D eigenvalue weighted by Gasteiger charge is -2.41. The molecule has 5 rings (SSSR count). The summed E-state index contributed by atoms with van der Waals surface area (Å²) in [7, 11) is 0. The van der Waals surface area contributed by atoms with E-state index in [1.54, 1.807) is 0 Å². The standard InChI is InChI=1S/C23H20F3N7O4/c1-12-22(33(35)36)13(2)31(29-12)21-8-20(18(26)9-27-21)37-17-10-30(11-17)23(34)32-19(3-4-28-32)14-5-15(24)7-16(25)6-14/h4-9,17,19H,3,10-11H2,1-2H3/t19-/m0/s1. The van der Waals surface area contributed by atoms with Crippen LogP contribution in [-0.4, -0.2) is 61.0 Å². The van der Waals surface area contributed by atoms with Gasteiger partial charge in [0.25, 0.3) is 0 Å². The molecule has 1 fully saturated rings. The Hall–Kier alpha value is -4.49. The summed E-state index contributed by atoms with van der Waals surface area (Å²) in [6.07, 6.45) is 2.19. The number of nitrogens with zero attached hydrogens (tertiary/aromatic N) is 7. The molecule has 2 amide bonds. The van der Waals surface area contributed by atoms with Crippen LogP contribution in [0.4, 0.5) is 23.7 Å². The molecule has 14 heteroatoms. The quantitative estimate of drug-likeness (QED) is 0.377. The van der Waals surface area contributed by atoms with Crippen LogP contribution in [0.2, 0.25) is 0 Å². The Morgan fingerprint density at radius 2 is 1.84 bits per heavy atom. The molecule has 1 atom stereocenters. The van der Waals surface area contributed by atoms with Gasteiger partial charge in [0.1, 0.15) is 29.1 Å². The maximum atomic E-state index is 14.4. The van der Waals surface area contributed by atoms with Gasteiger partial charge in [-0.1, -0.05) is 0 Å². The van der Waals surface area contributed by atoms with E-state index in [0.717, 1.165) is 29.4 Å². The van der Waals surface area contributed by atoms with E-state index in [9.17, 15) is 28.1 Å². The third-order valence-electron chi connectivity index (χ3n) is 6.17. The highest BCUT2D eigenvalue weighted by Gasteiger charge is 2.39. The predicted octanol–water partition coefficient (Wildman–Crippen LogP) is 3.83. The molecule has 0 bridgehead atoms. The minimum absolute atomic E-state index is 0.123. The third kappa shape index (κ3) is 4.45. The van der Waals surface area contributed by atoms with Gasteiger partial charge < -0.3 is 9.64 Å². The first kappa shape index (κ1) is 24.2. The van der Waals surface area contributed by atoms with Gasteiger partial charge in [0.15, 0.2) is 17.4 Å². The minimum atomic E-state index is -0.750. The van der Waals surface area contributed by atoms with Crippen LogP contribution in [0.15, 0.2) is 35.6 Å². The van der Waals surface area contributed by atoms with Gasteiger partial charge in [0.05, 0.1) is 30.3 Å². The molecule has 4 heterocycles.